The van der Waals surface area contributed by atoms with Gasteiger partial charge in [0.25, 0.3) is 10.0 Å². The summed E-state index contributed by atoms with van der Waals surface area (Å²) < 4.78 is 40.5. The zero-order chi connectivity index (χ0) is 30.9. The molecule has 11 heteroatoms. The van der Waals surface area contributed by atoms with Crippen LogP contribution in [0.25, 0.3) is 0 Å². The van der Waals surface area contributed by atoms with E-state index in [0.717, 1.165) is 14.3 Å². The minimum atomic E-state index is -4.17. The van der Waals surface area contributed by atoms with E-state index in [0.29, 0.717) is 24.7 Å². The predicted molar refractivity (Wildman–Crippen MR) is 167 cm³/mol. The van der Waals surface area contributed by atoms with Crippen molar-refractivity contribution in [2.45, 2.75) is 45.2 Å². The lowest BCUT2D eigenvalue weighted by Gasteiger charge is -2.32. The summed E-state index contributed by atoms with van der Waals surface area (Å²) in [6, 6.07) is 19.0. The molecule has 0 aliphatic heterocycles. The monoisotopic (exact) mass is 659 g/mol. The number of anilines is 1. The summed E-state index contributed by atoms with van der Waals surface area (Å²) in [5.74, 6) is 0.520. The highest BCUT2D eigenvalue weighted by Crippen LogP contribution is 2.27. The number of methoxy groups -OCH3 is 1. The maximum Gasteiger partial charge on any atom is 0.264 e. The fraction of sp³-hybridized carbons (Fsp3) is 0.355. The second kappa shape index (κ2) is 15.1. The van der Waals surface area contributed by atoms with Gasteiger partial charge in [-0.2, -0.15) is 0 Å². The number of nitrogens with zero attached hydrogens (tertiary/aromatic N) is 2. The molecule has 0 saturated carbocycles. The van der Waals surface area contributed by atoms with Gasteiger partial charge in [-0.05, 0) is 86.0 Å². The van der Waals surface area contributed by atoms with Crippen LogP contribution in [0.15, 0.2) is 82.2 Å². The zero-order valence-corrected chi connectivity index (χ0v) is 26.9. The fourth-order valence-corrected chi connectivity index (χ4v) is 5.82. The molecule has 0 radical (unpaired) electrons. The van der Waals surface area contributed by atoms with E-state index in [1.807, 2.05) is 26.8 Å². The number of ether oxygens (including phenoxy) is 2. The first-order valence-electron chi connectivity index (χ1n) is 13.7. The minimum absolute atomic E-state index is 0.0226. The van der Waals surface area contributed by atoms with Gasteiger partial charge in [-0.1, -0.05) is 41.9 Å². The van der Waals surface area contributed by atoms with Gasteiger partial charge in [-0.15, -0.1) is 0 Å². The molecular formula is C31H38BrN3O6S. The number of amides is 2. The summed E-state index contributed by atoms with van der Waals surface area (Å²) >= 11 is 3.34. The number of halogens is 1. The Bertz CT molecular complexity index is 1450. The highest BCUT2D eigenvalue weighted by molar-refractivity contribution is 9.10. The number of nitrogens with one attached hydrogen (secondary N) is 1. The first kappa shape index (κ1) is 32.9. The number of sulfonamides is 1. The quantitative estimate of drug-likeness (QED) is 0.254. The highest BCUT2D eigenvalue weighted by atomic mass is 79.9. The number of carbonyl (C=O) groups is 2. The van der Waals surface area contributed by atoms with E-state index in [4.69, 9.17) is 9.47 Å². The van der Waals surface area contributed by atoms with Gasteiger partial charge in [0.2, 0.25) is 11.8 Å². The van der Waals surface area contributed by atoms with E-state index in [1.165, 1.54) is 17.0 Å². The number of carbonyl (C=O) groups excluding carboxylic acids is 2. The first-order chi connectivity index (χ1) is 20.0. The van der Waals surface area contributed by atoms with Crippen LogP contribution in [0.4, 0.5) is 5.69 Å². The molecule has 0 aromatic heterocycles. The summed E-state index contributed by atoms with van der Waals surface area (Å²) in [4.78, 5) is 28.6. The zero-order valence-electron chi connectivity index (χ0n) is 24.5. The molecule has 9 nitrogen and oxygen atoms in total. The summed E-state index contributed by atoms with van der Waals surface area (Å²) in [6.45, 7) is 7.89. The van der Waals surface area contributed by atoms with Crippen LogP contribution in [0.1, 0.15) is 33.3 Å². The lowest BCUT2D eigenvalue weighted by atomic mass is 10.1. The number of benzene rings is 3. The molecule has 0 aliphatic rings. The van der Waals surface area contributed by atoms with Crippen LogP contribution in [0.5, 0.6) is 11.5 Å². The summed E-state index contributed by atoms with van der Waals surface area (Å²) in [7, 11) is -2.62. The van der Waals surface area contributed by atoms with E-state index < -0.39 is 28.5 Å². The molecule has 0 aliphatic carbocycles. The fourth-order valence-electron chi connectivity index (χ4n) is 4.14. The Hall–Kier alpha value is -3.57. The first-order valence-corrected chi connectivity index (χ1v) is 15.9. The van der Waals surface area contributed by atoms with Gasteiger partial charge in [-0.3, -0.25) is 13.9 Å². The van der Waals surface area contributed by atoms with Crippen LogP contribution >= 0.6 is 15.9 Å². The average molecular weight is 661 g/mol. The normalized spacial score (nSPS) is 12.0. The number of hydrogen-bond acceptors (Lipinski definition) is 6. The second-order valence-corrected chi connectivity index (χ2v) is 12.9. The van der Waals surface area contributed by atoms with Crippen molar-refractivity contribution in [3.8, 4) is 11.5 Å². The van der Waals surface area contributed by atoms with Crippen molar-refractivity contribution in [3.63, 3.8) is 0 Å². The Kier molecular flexibility index (Phi) is 11.8. The van der Waals surface area contributed by atoms with Crippen LogP contribution in [0.2, 0.25) is 0 Å². The van der Waals surface area contributed by atoms with Crippen molar-refractivity contribution in [2.75, 3.05) is 31.1 Å². The third-order valence-corrected chi connectivity index (χ3v) is 8.77. The van der Waals surface area contributed by atoms with Gasteiger partial charge in [0.05, 0.1) is 24.3 Å². The maximum absolute atomic E-state index is 14.0. The van der Waals surface area contributed by atoms with Gasteiger partial charge < -0.3 is 19.7 Å². The predicted octanol–water partition coefficient (Wildman–Crippen LogP) is 5.24. The molecule has 1 unspecified atom stereocenters. The Morgan fingerprint density at radius 3 is 2.21 bits per heavy atom. The highest BCUT2D eigenvalue weighted by Gasteiger charge is 2.32. The van der Waals surface area contributed by atoms with Gasteiger partial charge in [0, 0.05) is 17.6 Å². The van der Waals surface area contributed by atoms with Crippen molar-refractivity contribution in [1.29, 1.82) is 0 Å². The van der Waals surface area contributed by atoms with E-state index >= 15 is 0 Å². The third-order valence-electron chi connectivity index (χ3n) is 6.46. The second-order valence-electron chi connectivity index (χ2n) is 10.1. The summed E-state index contributed by atoms with van der Waals surface area (Å²) in [5, 5.41) is 2.88. The smallest absolute Gasteiger partial charge is 0.264 e. The van der Waals surface area contributed by atoms with E-state index in [9.17, 15) is 18.0 Å². The Labute approximate surface area is 257 Å². The topological polar surface area (TPSA) is 105 Å². The Morgan fingerprint density at radius 1 is 0.952 bits per heavy atom. The summed E-state index contributed by atoms with van der Waals surface area (Å²) in [6.07, 6.45) is 0. The third kappa shape index (κ3) is 8.72. The summed E-state index contributed by atoms with van der Waals surface area (Å²) in [5.41, 5.74) is 1.02. The average Bonchev–Trinajstić information content (AvgIpc) is 2.97. The lowest BCUT2D eigenvalue weighted by Crippen LogP contribution is -2.51. The van der Waals surface area contributed by atoms with E-state index in [-0.39, 0.29) is 29.0 Å². The van der Waals surface area contributed by atoms with Gasteiger partial charge in [-0.25, -0.2) is 8.42 Å². The molecule has 1 N–H and O–H groups in total. The van der Waals surface area contributed by atoms with Gasteiger partial charge in [0.15, 0.2) is 0 Å². The van der Waals surface area contributed by atoms with Crippen LogP contribution in [-0.2, 0) is 26.2 Å². The minimum Gasteiger partial charge on any atom is -0.497 e. The SMILES string of the molecule is CCOc1ccc(N(CC(=O)N(Cc2cccc(OC)c2)C(C)C(=O)NCC(C)C)S(=O)(=O)c2ccc(Br)cc2)cc1. The Balaban J connectivity index is 2.02. The van der Waals surface area contributed by atoms with Crippen molar-refractivity contribution < 1.29 is 27.5 Å². The largest absolute Gasteiger partial charge is 0.497 e. The molecule has 0 saturated heterocycles. The Morgan fingerprint density at radius 2 is 1.62 bits per heavy atom. The van der Waals surface area contributed by atoms with Gasteiger partial charge >= 0.3 is 0 Å². The molecule has 226 valence electrons. The molecular weight excluding hydrogens is 622 g/mol. The van der Waals surface area contributed by atoms with Gasteiger partial charge in [0.1, 0.15) is 24.1 Å². The molecule has 3 aromatic carbocycles. The van der Waals surface area contributed by atoms with E-state index in [2.05, 4.69) is 21.2 Å². The van der Waals surface area contributed by atoms with Crippen LogP contribution in [0, 0.1) is 5.92 Å². The van der Waals surface area contributed by atoms with Crippen molar-refractivity contribution in [3.05, 3.63) is 82.8 Å². The molecule has 3 rings (SSSR count). The molecule has 0 bridgehead atoms. The standard InChI is InChI=1S/C31H38BrN3O6S/c1-6-41-27-14-12-26(13-15-27)35(42(38,39)29-16-10-25(32)11-17-29)21-30(36)34(23(4)31(37)33-19-22(2)3)20-24-8-7-9-28(18-24)40-5/h7-18,22-23H,6,19-21H2,1-5H3,(H,33,37). The van der Waals surface area contributed by atoms with Crippen LogP contribution in [0.3, 0.4) is 0 Å². The van der Waals surface area contributed by atoms with Crippen LogP contribution in [-0.4, -0.2) is 58.0 Å². The number of rotatable bonds is 14. The molecule has 42 heavy (non-hydrogen) atoms. The molecule has 1 atom stereocenters. The molecule has 2 amide bonds. The molecule has 0 fully saturated rings. The maximum atomic E-state index is 14.0. The lowest BCUT2D eigenvalue weighted by molar-refractivity contribution is -0.139. The molecule has 0 heterocycles. The van der Waals surface area contributed by atoms with Crippen molar-refractivity contribution in [1.82, 2.24) is 10.2 Å². The van der Waals surface area contributed by atoms with Crippen LogP contribution < -0.4 is 19.1 Å². The molecule has 0 spiro atoms. The van der Waals surface area contributed by atoms with Crippen molar-refractivity contribution >= 4 is 43.5 Å². The van der Waals surface area contributed by atoms with E-state index in [1.54, 1.807) is 68.6 Å². The molecule has 3 aromatic rings. The van der Waals surface area contributed by atoms with Crippen molar-refractivity contribution in [2.24, 2.45) is 5.92 Å². The number of hydrogen-bond donors (Lipinski definition) is 1.